The Morgan fingerprint density at radius 2 is 2.00 bits per heavy atom. The molecule has 2 heterocycles. The summed E-state index contributed by atoms with van der Waals surface area (Å²) in [5.41, 5.74) is -0.943. The Hall–Kier alpha value is -2.33. The number of rotatable bonds is 6. The van der Waals surface area contributed by atoms with Crippen molar-refractivity contribution in [2.75, 3.05) is 10.5 Å². The van der Waals surface area contributed by atoms with Crippen molar-refractivity contribution in [3.05, 3.63) is 57.3 Å². The first-order valence-electron chi connectivity index (χ1n) is 8.31. The van der Waals surface area contributed by atoms with Crippen molar-refractivity contribution in [3.8, 4) is 0 Å². The summed E-state index contributed by atoms with van der Waals surface area (Å²) in [7, 11) is -3.82. The second kappa shape index (κ2) is 7.59. The van der Waals surface area contributed by atoms with Crippen molar-refractivity contribution in [1.29, 1.82) is 0 Å². The van der Waals surface area contributed by atoms with Crippen molar-refractivity contribution in [1.82, 2.24) is 9.97 Å². The molecule has 0 atom stereocenters. The van der Waals surface area contributed by atoms with Gasteiger partial charge in [0.2, 0.25) is 15.8 Å². The van der Waals surface area contributed by atoms with Crippen molar-refractivity contribution in [2.24, 2.45) is 0 Å². The van der Waals surface area contributed by atoms with E-state index < -0.39 is 38.7 Å². The van der Waals surface area contributed by atoms with E-state index >= 15 is 0 Å². The first-order chi connectivity index (χ1) is 13.1. The number of benzene rings is 1. The van der Waals surface area contributed by atoms with Crippen molar-refractivity contribution in [2.45, 2.75) is 20.3 Å². The number of pyridine rings is 1. The maximum absolute atomic E-state index is 15.0. The maximum atomic E-state index is 15.0. The van der Waals surface area contributed by atoms with Gasteiger partial charge in [-0.2, -0.15) is 0 Å². The molecule has 28 heavy (non-hydrogen) atoms. The van der Waals surface area contributed by atoms with Crippen LogP contribution < -0.4 is 4.72 Å². The van der Waals surface area contributed by atoms with Crippen LogP contribution in [0.4, 0.5) is 14.5 Å². The lowest BCUT2D eigenvalue weighted by Crippen LogP contribution is -2.19. The molecule has 2 N–H and O–H groups in total. The van der Waals surface area contributed by atoms with Crippen LogP contribution in [-0.2, 0) is 10.0 Å². The van der Waals surface area contributed by atoms with Gasteiger partial charge in [-0.05, 0) is 47.0 Å². The third-order valence-electron chi connectivity index (χ3n) is 4.09. The Kier molecular flexibility index (Phi) is 5.53. The first-order valence-corrected chi connectivity index (χ1v) is 10.8. The third kappa shape index (κ3) is 3.79. The van der Waals surface area contributed by atoms with Gasteiger partial charge in [0, 0.05) is 27.8 Å². The number of H-pyrrole nitrogens is 1. The van der Waals surface area contributed by atoms with Gasteiger partial charge in [0.25, 0.3) is 0 Å². The van der Waals surface area contributed by atoms with Crippen LogP contribution in [0.3, 0.4) is 0 Å². The number of sulfonamides is 1. The summed E-state index contributed by atoms with van der Waals surface area (Å²) in [6.07, 6.45) is 3.15. The quantitative estimate of drug-likeness (QED) is 0.524. The van der Waals surface area contributed by atoms with Crippen LogP contribution >= 0.6 is 15.9 Å². The predicted octanol–water partition coefficient (Wildman–Crippen LogP) is 4.29. The third-order valence-corrected chi connectivity index (χ3v) is 6.00. The van der Waals surface area contributed by atoms with E-state index in [1.165, 1.54) is 19.3 Å². The smallest absolute Gasteiger partial charge is 0.232 e. The minimum atomic E-state index is -3.82. The lowest BCUT2D eigenvalue weighted by molar-refractivity contribution is 0.103. The molecule has 148 valence electrons. The number of ketones is 1. The highest BCUT2D eigenvalue weighted by Gasteiger charge is 2.27. The number of hydrogen-bond acceptors (Lipinski definition) is 4. The number of nitrogens with one attached hydrogen (secondary N) is 2. The fraction of sp³-hybridized carbons (Fsp3) is 0.222. The molecule has 3 rings (SSSR count). The average Bonchev–Trinajstić information content (AvgIpc) is 3.02. The molecule has 0 spiro atoms. The molecule has 2 aromatic heterocycles. The summed E-state index contributed by atoms with van der Waals surface area (Å²) < 4.78 is 56.3. The van der Waals surface area contributed by atoms with Gasteiger partial charge in [0.15, 0.2) is 5.82 Å². The largest absolute Gasteiger partial charge is 0.345 e. The van der Waals surface area contributed by atoms with Gasteiger partial charge in [-0.25, -0.2) is 22.2 Å². The number of carbonyl (C=O) groups is 1. The standard InChI is InChI=1S/C18H16BrF2N3O3S/c1-3-4-28(26,27)24-13-5-9(2)15(20)14(16(13)21)17(25)12-8-23-18-11(12)6-10(19)7-22-18/h5-8,24H,3-4H2,1-2H3,(H,22,23). The van der Waals surface area contributed by atoms with E-state index in [0.717, 1.165) is 6.07 Å². The van der Waals surface area contributed by atoms with Gasteiger partial charge in [0.05, 0.1) is 17.0 Å². The van der Waals surface area contributed by atoms with Gasteiger partial charge in [-0.15, -0.1) is 0 Å². The number of aromatic nitrogens is 2. The van der Waals surface area contributed by atoms with E-state index in [2.05, 4.69) is 30.6 Å². The summed E-state index contributed by atoms with van der Waals surface area (Å²) in [5, 5.41) is 0.382. The molecule has 0 aliphatic heterocycles. The Morgan fingerprint density at radius 3 is 2.68 bits per heavy atom. The number of carbonyl (C=O) groups excluding carboxylic acids is 1. The van der Waals surface area contributed by atoms with Crippen molar-refractivity contribution >= 4 is 48.5 Å². The zero-order valence-corrected chi connectivity index (χ0v) is 17.3. The van der Waals surface area contributed by atoms with E-state index in [-0.39, 0.29) is 16.9 Å². The second-order valence-electron chi connectivity index (χ2n) is 6.25. The maximum Gasteiger partial charge on any atom is 0.232 e. The van der Waals surface area contributed by atoms with Crippen LogP contribution in [0.5, 0.6) is 0 Å². The monoisotopic (exact) mass is 471 g/mol. The first kappa shape index (κ1) is 20.4. The van der Waals surface area contributed by atoms with Crippen LogP contribution in [0.2, 0.25) is 0 Å². The lowest BCUT2D eigenvalue weighted by Gasteiger charge is -2.13. The molecule has 0 amide bonds. The van der Waals surface area contributed by atoms with Crippen LogP contribution in [0.25, 0.3) is 11.0 Å². The molecule has 0 radical (unpaired) electrons. The zero-order valence-electron chi connectivity index (χ0n) is 14.9. The minimum Gasteiger partial charge on any atom is -0.345 e. The molecular weight excluding hydrogens is 456 g/mol. The highest BCUT2D eigenvalue weighted by atomic mass is 79.9. The second-order valence-corrected chi connectivity index (χ2v) is 9.00. The molecule has 0 fully saturated rings. The summed E-state index contributed by atoms with van der Waals surface area (Å²) in [5.74, 6) is -3.45. The van der Waals surface area contributed by atoms with Crippen LogP contribution in [0.15, 0.2) is 29.0 Å². The lowest BCUT2D eigenvalue weighted by atomic mass is 9.99. The normalized spacial score (nSPS) is 11.8. The van der Waals surface area contributed by atoms with Gasteiger partial charge in [-0.1, -0.05) is 6.92 Å². The Morgan fingerprint density at radius 1 is 1.29 bits per heavy atom. The van der Waals surface area contributed by atoms with E-state index in [1.54, 1.807) is 13.0 Å². The van der Waals surface area contributed by atoms with E-state index in [0.29, 0.717) is 21.9 Å². The zero-order chi connectivity index (χ0) is 20.6. The van der Waals surface area contributed by atoms with Crippen LogP contribution in [0, 0.1) is 18.6 Å². The molecule has 3 aromatic rings. The van der Waals surface area contributed by atoms with E-state index in [4.69, 9.17) is 0 Å². The number of aromatic amines is 1. The Bertz CT molecular complexity index is 1190. The molecule has 0 saturated carbocycles. The summed E-state index contributed by atoms with van der Waals surface area (Å²) >= 11 is 3.24. The van der Waals surface area contributed by atoms with Gasteiger partial charge in [0.1, 0.15) is 11.5 Å². The highest BCUT2D eigenvalue weighted by Crippen LogP contribution is 2.30. The summed E-state index contributed by atoms with van der Waals surface area (Å²) in [4.78, 5) is 19.8. The average molecular weight is 472 g/mol. The summed E-state index contributed by atoms with van der Waals surface area (Å²) in [6, 6.07) is 2.63. The molecule has 1 aromatic carbocycles. The van der Waals surface area contributed by atoms with Gasteiger partial charge in [-0.3, -0.25) is 9.52 Å². The molecule has 6 nitrogen and oxygen atoms in total. The SMILES string of the molecule is CCCS(=O)(=O)Nc1cc(C)c(F)c(C(=O)c2c[nH]c3ncc(Br)cc23)c1F. The molecule has 0 bridgehead atoms. The van der Waals surface area contributed by atoms with Crippen LogP contribution in [-0.4, -0.2) is 29.9 Å². The van der Waals surface area contributed by atoms with E-state index in [1.807, 2.05) is 0 Å². The number of aryl methyl sites for hydroxylation is 1. The fourth-order valence-corrected chi connectivity index (χ4v) is 4.29. The van der Waals surface area contributed by atoms with E-state index in [9.17, 15) is 22.0 Å². The number of nitrogens with zero attached hydrogens (tertiary/aromatic N) is 1. The van der Waals surface area contributed by atoms with Gasteiger partial charge >= 0.3 is 0 Å². The van der Waals surface area contributed by atoms with Gasteiger partial charge < -0.3 is 4.98 Å². The topological polar surface area (TPSA) is 91.9 Å². The molecule has 10 heteroatoms. The number of anilines is 1. The number of halogens is 3. The Labute approximate surface area is 168 Å². The van der Waals surface area contributed by atoms with Crippen molar-refractivity contribution < 1.29 is 22.0 Å². The fourth-order valence-electron chi connectivity index (χ4n) is 2.83. The minimum absolute atomic E-state index is 0.0227. The van der Waals surface area contributed by atoms with Crippen molar-refractivity contribution in [3.63, 3.8) is 0 Å². The summed E-state index contributed by atoms with van der Waals surface area (Å²) in [6.45, 7) is 2.99. The predicted molar refractivity (Wildman–Crippen MR) is 106 cm³/mol. The Balaban J connectivity index is 2.15. The molecule has 0 aliphatic rings. The molecule has 0 unspecified atom stereocenters. The number of fused-ring (bicyclic) bond motifs is 1. The number of hydrogen-bond donors (Lipinski definition) is 2. The van der Waals surface area contributed by atoms with Crippen LogP contribution in [0.1, 0.15) is 34.8 Å². The molecular formula is C18H16BrF2N3O3S. The highest BCUT2D eigenvalue weighted by molar-refractivity contribution is 9.10. The molecule has 0 saturated heterocycles. The molecule has 0 aliphatic carbocycles.